The first-order valence-corrected chi connectivity index (χ1v) is 6.02. The summed E-state index contributed by atoms with van der Waals surface area (Å²) in [6.45, 7) is 8.46. The number of carboxylic acid groups (broad SMARTS) is 1. The Kier molecular flexibility index (Phi) is 3.90. The number of urea groups is 1. The Labute approximate surface area is 107 Å². The zero-order valence-corrected chi connectivity index (χ0v) is 11.3. The first kappa shape index (κ1) is 14.8. The van der Waals surface area contributed by atoms with Crippen LogP contribution in [-0.2, 0) is 4.79 Å². The molecule has 18 heavy (non-hydrogen) atoms. The van der Waals surface area contributed by atoms with Crippen LogP contribution in [0.4, 0.5) is 4.79 Å². The van der Waals surface area contributed by atoms with E-state index in [9.17, 15) is 9.59 Å². The number of carboxylic acids is 1. The number of carbonyl (C=O) groups excluding carboxylic acids is 1. The van der Waals surface area contributed by atoms with Gasteiger partial charge in [0.1, 0.15) is 0 Å². The van der Waals surface area contributed by atoms with Crippen LogP contribution in [0.25, 0.3) is 0 Å². The lowest BCUT2D eigenvalue weighted by Crippen LogP contribution is -2.48. The third kappa shape index (κ3) is 2.58. The zero-order valence-electron chi connectivity index (χ0n) is 11.3. The molecule has 0 bridgehead atoms. The highest BCUT2D eigenvalue weighted by molar-refractivity contribution is 5.82. The lowest BCUT2D eigenvalue weighted by Gasteiger charge is -2.13. The van der Waals surface area contributed by atoms with E-state index in [0.29, 0.717) is 12.5 Å². The topological polar surface area (TPSA) is 98.7 Å². The Bertz CT molecular complexity index is 338. The summed E-state index contributed by atoms with van der Waals surface area (Å²) in [5, 5.41) is 22.3. The van der Waals surface area contributed by atoms with Crippen LogP contribution in [0, 0.1) is 16.7 Å². The maximum atomic E-state index is 11.5. The van der Waals surface area contributed by atoms with E-state index in [0.717, 1.165) is 0 Å². The molecule has 1 fully saturated rings. The van der Waals surface area contributed by atoms with Crippen molar-refractivity contribution in [3.05, 3.63) is 0 Å². The molecular formula is C12H22N2O4. The summed E-state index contributed by atoms with van der Waals surface area (Å²) in [6.07, 6.45) is 0. The van der Waals surface area contributed by atoms with Gasteiger partial charge in [0.15, 0.2) is 6.04 Å². The Balaban J connectivity index is 2.38. The van der Waals surface area contributed by atoms with Gasteiger partial charge < -0.3 is 20.8 Å². The van der Waals surface area contributed by atoms with Gasteiger partial charge in [0.05, 0.1) is 6.61 Å². The molecule has 2 amide bonds. The van der Waals surface area contributed by atoms with E-state index in [4.69, 9.17) is 10.2 Å². The highest BCUT2D eigenvalue weighted by Gasteiger charge is 2.64. The van der Waals surface area contributed by atoms with Gasteiger partial charge in [-0.3, -0.25) is 0 Å². The molecule has 6 nitrogen and oxygen atoms in total. The van der Waals surface area contributed by atoms with Crippen molar-refractivity contribution in [1.82, 2.24) is 10.6 Å². The average Bonchev–Trinajstić information content (AvgIpc) is 2.63. The van der Waals surface area contributed by atoms with Gasteiger partial charge in [-0.25, -0.2) is 9.59 Å². The number of rotatable bonds is 5. The normalized spacial score (nSPS) is 22.1. The van der Waals surface area contributed by atoms with Gasteiger partial charge in [-0.15, -0.1) is 0 Å². The summed E-state index contributed by atoms with van der Waals surface area (Å²) in [7, 11) is 0. The summed E-state index contributed by atoms with van der Waals surface area (Å²) in [5.41, 5.74) is 0.340. The maximum absolute atomic E-state index is 11.5. The van der Waals surface area contributed by atoms with E-state index in [1.54, 1.807) is 0 Å². The largest absolute Gasteiger partial charge is 0.480 e. The van der Waals surface area contributed by atoms with Crippen molar-refractivity contribution in [2.75, 3.05) is 13.2 Å². The fraction of sp³-hybridized carbons (Fsp3) is 0.833. The zero-order chi connectivity index (χ0) is 14.1. The molecule has 0 radical (unpaired) electrons. The number of aliphatic hydroxyl groups excluding tert-OH is 1. The molecule has 1 saturated carbocycles. The number of carbonyl (C=O) groups is 2. The van der Waals surface area contributed by atoms with Crippen molar-refractivity contribution in [2.24, 2.45) is 16.7 Å². The van der Waals surface area contributed by atoms with Crippen LogP contribution in [0.5, 0.6) is 0 Å². The number of hydrogen-bond donors (Lipinski definition) is 4. The fourth-order valence-electron chi connectivity index (χ4n) is 2.43. The SMILES string of the molecule is CC1(C)C(CNC(=O)N[C@H](CO)C(=O)O)C1(C)C. The molecule has 1 aliphatic carbocycles. The molecule has 0 saturated heterocycles. The third-order valence-electron chi connectivity index (χ3n) is 4.57. The van der Waals surface area contributed by atoms with Crippen molar-refractivity contribution in [2.45, 2.75) is 33.7 Å². The first-order valence-electron chi connectivity index (χ1n) is 6.02. The lowest BCUT2D eigenvalue weighted by molar-refractivity contribution is -0.140. The second-order valence-corrected chi connectivity index (χ2v) is 5.92. The third-order valence-corrected chi connectivity index (χ3v) is 4.57. The predicted octanol–water partition coefficient (Wildman–Crippen LogP) is 0.413. The van der Waals surface area contributed by atoms with Crippen molar-refractivity contribution >= 4 is 12.0 Å². The Morgan fingerprint density at radius 3 is 2.06 bits per heavy atom. The van der Waals surface area contributed by atoms with Gasteiger partial charge in [0.25, 0.3) is 0 Å². The first-order chi connectivity index (χ1) is 8.14. The van der Waals surface area contributed by atoms with E-state index in [-0.39, 0.29) is 10.8 Å². The lowest BCUT2D eigenvalue weighted by atomic mass is 10.0. The second-order valence-electron chi connectivity index (χ2n) is 5.92. The Hall–Kier alpha value is -1.30. The molecular weight excluding hydrogens is 236 g/mol. The van der Waals surface area contributed by atoms with E-state index in [1.807, 2.05) is 0 Å². The van der Waals surface area contributed by atoms with E-state index in [2.05, 4.69) is 38.3 Å². The molecule has 0 aromatic carbocycles. The highest BCUT2D eigenvalue weighted by Crippen LogP contribution is 2.67. The van der Waals surface area contributed by atoms with Crippen LogP contribution in [0.3, 0.4) is 0 Å². The molecule has 1 atom stereocenters. The summed E-state index contributed by atoms with van der Waals surface area (Å²) in [5.74, 6) is -0.882. The van der Waals surface area contributed by atoms with Crippen LogP contribution in [0.2, 0.25) is 0 Å². The number of hydrogen-bond acceptors (Lipinski definition) is 3. The Morgan fingerprint density at radius 1 is 1.22 bits per heavy atom. The molecule has 104 valence electrons. The summed E-state index contributed by atoms with van der Waals surface area (Å²) in [6, 6.07) is -1.82. The predicted molar refractivity (Wildman–Crippen MR) is 66.1 cm³/mol. The van der Waals surface area contributed by atoms with E-state index < -0.39 is 24.6 Å². The number of aliphatic carboxylic acids is 1. The average molecular weight is 258 g/mol. The number of nitrogens with one attached hydrogen (secondary N) is 2. The molecule has 1 rings (SSSR count). The molecule has 6 heteroatoms. The van der Waals surface area contributed by atoms with Gasteiger partial charge in [-0.05, 0) is 16.7 Å². The van der Waals surface area contributed by atoms with Gasteiger partial charge >= 0.3 is 12.0 Å². The molecule has 0 aliphatic heterocycles. The fourth-order valence-corrected chi connectivity index (χ4v) is 2.43. The van der Waals surface area contributed by atoms with Crippen molar-refractivity contribution in [3.8, 4) is 0 Å². The monoisotopic (exact) mass is 258 g/mol. The minimum Gasteiger partial charge on any atom is -0.480 e. The van der Waals surface area contributed by atoms with Crippen LogP contribution in [-0.4, -0.2) is 41.4 Å². The summed E-state index contributed by atoms with van der Waals surface area (Å²) >= 11 is 0. The Morgan fingerprint density at radius 2 is 1.72 bits per heavy atom. The number of aliphatic hydroxyl groups is 1. The van der Waals surface area contributed by atoms with E-state index >= 15 is 0 Å². The summed E-state index contributed by atoms with van der Waals surface area (Å²) in [4.78, 5) is 22.1. The number of amides is 2. The van der Waals surface area contributed by atoms with Gasteiger partial charge in [-0.2, -0.15) is 0 Å². The standard InChI is InChI=1S/C12H22N2O4/c1-11(2)8(12(11,3)4)5-13-10(18)14-7(6-15)9(16)17/h7-8,15H,5-6H2,1-4H3,(H,16,17)(H2,13,14,18)/t7-/m1/s1. The molecule has 0 spiro atoms. The quantitative estimate of drug-likeness (QED) is 0.574. The molecule has 0 heterocycles. The minimum absolute atomic E-state index is 0.170. The summed E-state index contributed by atoms with van der Waals surface area (Å²) < 4.78 is 0. The molecule has 1 aliphatic rings. The van der Waals surface area contributed by atoms with Gasteiger partial charge in [-0.1, -0.05) is 27.7 Å². The van der Waals surface area contributed by atoms with Crippen molar-refractivity contribution in [1.29, 1.82) is 0 Å². The van der Waals surface area contributed by atoms with Crippen molar-refractivity contribution in [3.63, 3.8) is 0 Å². The second kappa shape index (κ2) is 4.76. The maximum Gasteiger partial charge on any atom is 0.328 e. The van der Waals surface area contributed by atoms with Crippen LogP contribution in [0.15, 0.2) is 0 Å². The smallest absolute Gasteiger partial charge is 0.328 e. The van der Waals surface area contributed by atoms with Crippen LogP contribution < -0.4 is 10.6 Å². The van der Waals surface area contributed by atoms with Crippen LogP contribution >= 0.6 is 0 Å². The van der Waals surface area contributed by atoms with Crippen LogP contribution in [0.1, 0.15) is 27.7 Å². The molecule has 0 aromatic rings. The van der Waals surface area contributed by atoms with E-state index in [1.165, 1.54) is 0 Å². The van der Waals surface area contributed by atoms with Gasteiger partial charge in [0.2, 0.25) is 0 Å². The minimum atomic E-state index is -1.26. The molecule has 4 N–H and O–H groups in total. The molecule has 0 unspecified atom stereocenters. The highest BCUT2D eigenvalue weighted by atomic mass is 16.4. The van der Waals surface area contributed by atoms with Crippen molar-refractivity contribution < 1.29 is 19.8 Å². The molecule has 0 aromatic heterocycles. The van der Waals surface area contributed by atoms with Gasteiger partial charge in [0, 0.05) is 6.54 Å².